The van der Waals surface area contributed by atoms with Gasteiger partial charge in [-0.05, 0) is 12.2 Å². The molecule has 0 fully saturated rings. The van der Waals surface area contributed by atoms with E-state index >= 15 is 0 Å². The van der Waals surface area contributed by atoms with E-state index in [4.69, 9.17) is 5.11 Å². The van der Waals surface area contributed by atoms with Crippen LogP contribution in [0, 0.1) is 5.41 Å². The Kier molecular flexibility index (Phi) is 1.27. The first-order chi connectivity index (χ1) is 5.76. The number of aliphatic imine (C=N–C) groups is 1. The van der Waals surface area contributed by atoms with Crippen molar-refractivity contribution in [2.45, 2.75) is 0 Å². The second-order valence-electron chi connectivity index (χ2n) is 2.72. The SMILES string of the molecule is O=C(O)C12C=CC=CC1=NC=C2. The van der Waals surface area contributed by atoms with Crippen LogP contribution in [-0.4, -0.2) is 16.8 Å². The monoisotopic (exact) mass is 161 g/mol. The minimum Gasteiger partial charge on any atom is -0.480 e. The average Bonchev–Trinajstić information content (AvgIpc) is 2.48. The fourth-order valence-electron chi connectivity index (χ4n) is 1.36. The van der Waals surface area contributed by atoms with Gasteiger partial charge in [0.25, 0.3) is 0 Å². The smallest absolute Gasteiger partial charge is 0.323 e. The molecule has 3 heteroatoms. The van der Waals surface area contributed by atoms with E-state index in [9.17, 15) is 4.79 Å². The maximum absolute atomic E-state index is 10.9. The topological polar surface area (TPSA) is 49.7 Å². The molecule has 1 atom stereocenters. The van der Waals surface area contributed by atoms with Gasteiger partial charge in [-0.3, -0.25) is 9.79 Å². The number of carboxylic acid groups (broad SMARTS) is 1. The Labute approximate surface area is 69.4 Å². The van der Waals surface area contributed by atoms with Crippen molar-refractivity contribution in [3.8, 4) is 0 Å². The van der Waals surface area contributed by atoms with Crippen LogP contribution in [0.1, 0.15) is 0 Å². The first kappa shape index (κ1) is 7.03. The largest absolute Gasteiger partial charge is 0.480 e. The summed E-state index contributed by atoms with van der Waals surface area (Å²) < 4.78 is 0. The lowest BCUT2D eigenvalue weighted by atomic mass is 9.81. The van der Waals surface area contributed by atoms with Gasteiger partial charge in [-0.1, -0.05) is 18.2 Å². The molecule has 0 aromatic heterocycles. The lowest BCUT2D eigenvalue weighted by Crippen LogP contribution is -2.33. The van der Waals surface area contributed by atoms with Crippen molar-refractivity contribution in [1.82, 2.24) is 0 Å². The summed E-state index contributed by atoms with van der Waals surface area (Å²) in [7, 11) is 0. The second kappa shape index (κ2) is 2.17. The Hall–Kier alpha value is -1.64. The zero-order valence-electron chi connectivity index (χ0n) is 6.27. The summed E-state index contributed by atoms with van der Waals surface area (Å²) in [6.07, 6.45) is 9.98. The fraction of sp³-hybridized carbons (Fsp3) is 0.111. The Morgan fingerprint density at radius 1 is 1.42 bits per heavy atom. The van der Waals surface area contributed by atoms with E-state index in [2.05, 4.69) is 4.99 Å². The number of rotatable bonds is 1. The molecule has 2 aliphatic rings. The predicted molar refractivity (Wildman–Crippen MR) is 44.9 cm³/mol. The molecular formula is C9H7NO2. The van der Waals surface area contributed by atoms with E-state index in [0.29, 0.717) is 5.71 Å². The number of fused-ring (bicyclic) bond motifs is 1. The molecule has 12 heavy (non-hydrogen) atoms. The lowest BCUT2D eigenvalue weighted by molar-refractivity contribution is -0.140. The van der Waals surface area contributed by atoms with Crippen LogP contribution >= 0.6 is 0 Å². The molecule has 0 saturated carbocycles. The lowest BCUT2D eigenvalue weighted by Gasteiger charge is -2.20. The molecule has 0 amide bonds. The number of carboxylic acids is 1. The third-order valence-electron chi connectivity index (χ3n) is 2.05. The molecule has 1 aliphatic heterocycles. The molecule has 0 radical (unpaired) electrons. The van der Waals surface area contributed by atoms with Crippen molar-refractivity contribution in [3.63, 3.8) is 0 Å². The number of hydrogen-bond donors (Lipinski definition) is 1. The summed E-state index contributed by atoms with van der Waals surface area (Å²) >= 11 is 0. The summed E-state index contributed by atoms with van der Waals surface area (Å²) in [4.78, 5) is 14.9. The van der Waals surface area contributed by atoms with Crippen molar-refractivity contribution in [2.75, 3.05) is 0 Å². The van der Waals surface area contributed by atoms with Gasteiger partial charge in [0.15, 0.2) is 0 Å². The van der Waals surface area contributed by atoms with Gasteiger partial charge < -0.3 is 5.11 Å². The summed E-state index contributed by atoms with van der Waals surface area (Å²) in [5.41, 5.74) is -0.410. The highest BCUT2D eigenvalue weighted by Gasteiger charge is 2.40. The summed E-state index contributed by atoms with van der Waals surface area (Å²) in [6, 6.07) is 0. The number of allylic oxidation sites excluding steroid dienone is 3. The molecule has 1 unspecified atom stereocenters. The molecule has 2 rings (SSSR count). The fourth-order valence-corrected chi connectivity index (χ4v) is 1.36. The van der Waals surface area contributed by atoms with Gasteiger partial charge >= 0.3 is 5.97 Å². The van der Waals surface area contributed by atoms with E-state index in [1.54, 1.807) is 30.4 Å². The molecule has 3 nitrogen and oxygen atoms in total. The average molecular weight is 161 g/mol. The van der Waals surface area contributed by atoms with Crippen LogP contribution in [0.5, 0.6) is 0 Å². The summed E-state index contributed by atoms with van der Waals surface area (Å²) in [5, 5.41) is 8.98. The third-order valence-corrected chi connectivity index (χ3v) is 2.05. The van der Waals surface area contributed by atoms with Gasteiger partial charge in [0, 0.05) is 6.20 Å². The van der Waals surface area contributed by atoms with Crippen LogP contribution in [0.25, 0.3) is 0 Å². The first-order valence-electron chi connectivity index (χ1n) is 3.61. The van der Waals surface area contributed by atoms with Gasteiger partial charge in [-0.15, -0.1) is 0 Å². The van der Waals surface area contributed by atoms with E-state index in [1.165, 1.54) is 6.20 Å². The Morgan fingerprint density at radius 2 is 2.25 bits per heavy atom. The number of hydrogen-bond acceptors (Lipinski definition) is 2. The second-order valence-corrected chi connectivity index (χ2v) is 2.72. The summed E-state index contributed by atoms with van der Waals surface area (Å²) in [6.45, 7) is 0. The van der Waals surface area contributed by atoms with E-state index in [-0.39, 0.29) is 0 Å². The summed E-state index contributed by atoms with van der Waals surface area (Å²) in [5.74, 6) is -0.879. The number of nitrogens with zero attached hydrogens (tertiary/aromatic N) is 1. The van der Waals surface area contributed by atoms with Gasteiger partial charge in [0.1, 0.15) is 5.41 Å². The van der Waals surface area contributed by atoms with Crippen LogP contribution in [0.2, 0.25) is 0 Å². The Balaban J connectivity index is 2.54. The predicted octanol–water partition coefficient (Wildman–Crippen LogP) is 1.15. The quantitative estimate of drug-likeness (QED) is 0.627. The van der Waals surface area contributed by atoms with Gasteiger partial charge in [0.2, 0.25) is 0 Å². The maximum Gasteiger partial charge on any atom is 0.323 e. The maximum atomic E-state index is 10.9. The van der Waals surface area contributed by atoms with Gasteiger partial charge in [-0.2, -0.15) is 0 Å². The minimum atomic E-state index is -0.991. The van der Waals surface area contributed by atoms with Crippen molar-refractivity contribution < 1.29 is 9.90 Å². The van der Waals surface area contributed by atoms with Crippen LogP contribution in [0.15, 0.2) is 41.6 Å². The normalized spacial score (nSPS) is 30.2. The van der Waals surface area contributed by atoms with Gasteiger partial charge in [-0.25, -0.2) is 0 Å². The van der Waals surface area contributed by atoms with E-state index < -0.39 is 11.4 Å². The van der Waals surface area contributed by atoms with Crippen LogP contribution < -0.4 is 0 Å². The molecule has 1 N–H and O–H groups in total. The molecule has 1 heterocycles. The van der Waals surface area contributed by atoms with E-state index in [0.717, 1.165) is 0 Å². The van der Waals surface area contributed by atoms with Crippen molar-refractivity contribution in [3.05, 3.63) is 36.6 Å². The molecule has 0 saturated heterocycles. The molecule has 0 aromatic carbocycles. The highest BCUT2D eigenvalue weighted by molar-refractivity contribution is 6.17. The Bertz CT molecular complexity index is 350. The third kappa shape index (κ3) is 0.704. The van der Waals surface area contributed by atoms with Crippen LogP contribution in [0.3, 0.4) is 0 Å². The van der Waals surface area contributed by atoms with E-state index in [1.807, 2.05) is 0 Å². The molecule has 60 valence electrons. The van der Waals surface area contributed by atoms with Crippen molar-refractivity contribution in [1.29, 1.82) is 0 Å². The van der Waals surface area contributed by atoms with Crippen molar-refractivity contribution >= 4 is 11.7 Å². The molecule has 0 aromatic rings. The first-order valence-corrected chi connectivity index (χ1v) is 3.61. The zero-order chi connectivity index (χ0) is 8.60. The van der Waals surface area contributed by atoms with Crippen LogP contribution in [0.4, 0.5) is 0 Å². The number of aliphatic carboxylic acids is 1. The molecular weight excluding hydrogens is 154 g/mol. The Morgan fingerprint density at radius 3 is 2.92 bits per heavy atom. The molecule has 0 spiro atoms. The van der Waals surface area contributed by atoms with Crippen molar-refractivity contribution in [2.24, 2.45) is 10.4 Å². The minimum absolute atomic E-state index is 0.581. The molecule has 0 bridgehead atoms. The van der Waals surface area contributed by atoms with Crippen LogP contribution in [-0.2, 0) is 4.79 Å². The zero-order valence-corrected chi connectivity index (χ0v) is 6.27. The molecule has 1 aliphatic carbocycles. The number of carbonyl (C=O) groups is 1. The standard InChI is InChI=1S/C9H7NO2/c11-8(12)9-4-2-1-3-7(9)10-6-5-9/h1-6H,(H,11,12). The highest BCUT2D eigenvalue weighted by Crippen LogP contribution is 2.31. The van der Waals surface area contributed by atoms with Gasteiger partial charge in [0.05, 0.1) is 5.71 Å². The highest BCUT2D eigenvalue weighted by atomic mass is 16.4.